The maximum Gasteiger partial charge on any atom is 0.252 e. The highest BCUT2D eigenvalue weighted by Gasteiger charge is 2.33. The van der Waals surface area contributed by atoms with E-state index in [9.17, 15) is 13.2 Å². The number of carbonyl (C=O) groups is 1. The van der Waals surface area contributed by atoms with Crippen LogP contribution in [0.25, 0.3) is 10.2 Å². The van der Waals surface area contributed by atoms with Gasteiger partial charge in [-0.3, -0.25) is 4.79 Å². The number of sulfonamides is 1. The van der Waals surface area contributed by atoms with Gasteiger partial charge in [0.25, 0.3) is 5.91 Å². The molecular formula is C25H27N3O6S2. The van der Waals surface area contributed by atoms with E-state index < -0.39 is 15.9 Å². The fourth-order valence-electron chi connectivity index (χ4n) is 4.22. The summed E-state index contributed by atoms with van der Waals surface area (Å²) in [6, 6.07) is 9.77. The third-order valence-corrected chi connectivity index (χ3v) is 9.05. The van der Waals surface area contributed by atoms with Crippen LogP contribution in [-0.2, 0) is 21.4 Å². The maximum atomic E-state index is 13.3. The van der Waals surface area contributed by atoms with E-state index in [-0.39, 0.29) is 23.9 Å². The van der Waals surface area contributed by atoms with Gasteiger partial charge in [-0.05, 0) is 49.2 Å². The smallest absolute Gasteiger partial charge is 0.252 e. The Morgan fingerprint density at radius 2 is 1.81 bits per heavy atom. The summed E-state index contributed by atoms with van der Waals surface area (Å²) in [5.74, 6) is 3.41. The lowest BCUT2D eigenvalue weighted by atomic mass is 9.99. The Labute approximate surface area is 214 Å². The highest BCUT2D eigenvalue weighted by Crippen LogP contribution is 2.35. The third-order valence-electron chi connectivity index (χ3n) is 6.08. The van der Waals surface area contributed by atoms with E-state index in [1.54, 1.807) is 43.1 Å². The first kappa shape index (κ1) is 25.8. The highest BCUT2D eigenvalue weighted by atomic mass is 32.2. The fraction of sp³-hybridized carbons (Fsp3) is 0.360. The molecule has 4 rings (SSSR count). The Bertz CT molecular complexity index is 1480. The van der Waals surface area contributed by atoms with Crippen LogP contribution in [0.2, 0.25) is 0 Å². The number of hydrogen-bond acceptors (Lipinski definition) is 7. The first-order valence-corrected chi connectivity index (χ1v) is 13.5. The maximum absolute atomic E-state index is 13.3. The summed E-state index contributed by atoms with van der Waals surface area (Å²) >= 11 is 1.27. The molecule has 0 saturated carbocycles. The van der Waals surface area contributed by atoms with E-state index in [1.807, 2.05) is 0 Å². The van der Waals surface area contributed by atoms with Crippen molar-refractivity contribution >= 4 is 37.5 Å². The molecule has 1 unspecified atom stereocenters. The zero-order valence-corrected chi connectivity index (χ0v) is 21.9. The Kier molecular flexibility index (Phi) is 7.68. The van der Waals surface area contributed by atoms with Crippen LogP contribution in [0.4, 0.5) is 0 Å². The lowest BCUT2D eigenvalue weighted by Crippen LogP contribution is -2.42. The molecule has 0 bridgehead atoms. The number of piperidine rings is 1. The van der Waals surface area contributed by atoms with Gasteiger partial charge in [-0.1, -0.05) is 17.3 Å². The van der Waals surface area contributed by atoms with Gasteiger partial charge < -0.3 is 18.8 Å². The number of ether oxygens (including phenoxy) is 3. The number of nitrogens with zero attached hydrogens (tertiary/aromatic N) is 3. The van der Waals surface area contributed by atoms with Crippen LogP contribution < -0.4 is 19.0 Å². The van der Waals surface area contributed by atoms with Crippen molar-refractivity contribution in [3.05, 3.63) is 41.2 Å². The Balaban J connectivity index is 1.67. The van der Waals surface area contributed by atoms with Crippen LogP contribution in [0.3, 0.4) is 0 Å². The van der Waals surface area contributed by atoms with Gasteiger partial charge in [0.1, 0.15) is 27.5 Å². The number of amides is 1. The number of carbonyl (C=O) groups excluding carboxylic acids is 1. The summed E-state index contributed by atoms with van der Waals surface area (Å²) in [6.07, 6.45) is 6.71. The summed E-state index contributed by atoms with van der Waals surface area (Å²) in [7, 11) is 0.878. The number of rotatable bonds is 7. The minimum atomic E-state index is -3.76. The summed E-state index contributed by atoms with van der Waals surface area (Å²) in [6.45, 7) is 0.578. The lowest BCUT2D eigenvalue weighted by Gasteiger charge is -2.30. The number of terminal acetylenes is 1. The number of benzene rings is 2. The summed E-state index contributed by atoms with van der Waals surface area (Å²) in [4.78, 5) is 18.2. The molecule has 11 heteroatoms. The molecule has 0 aliphatic carbocycles. The second-order valence-corrected chi connectivity index (χ2v) is 11.1. The Morgan fingerprint density at radius 3 is 2.44 bits per heavy atom. The fourth-order valence-corrected chi connectivity index (χ4v) is 6.89. The standard InChI is InChI=1S/C25H27N3O6S2/c1-5-14-28-22-20(33-3)12-13-21(34-4)23(22)35-25(28)26-24(29)17-7-6-15-27(16-17)36(30,31)19-10-8-18(32-2)9-11-19/h1,8-13,17H,6-7,14-16H2,2-4H3. The molecule has 2 aromatic carbocycles. The summed E-state index contributed by atoms with van der Waals surface area (Å²) < 4.78 is 46.4. The van der Waals surface area contributed by atoms with Gasteiger partial charge in [-0.15, -0.1) is 6.42 Å². The van der Waals surface area contributed by atoms with E-state index in [0.717, 1.165) is 4.70 Å². The molecule has 3 aromatic rings. The average molecular weight is 530 g/mol. The monoisotopic (exact) mass is 529 g/mol. The summed E-state index contributed by atoms with van der Waals surface area (Å²) in [5, 5.41) is 0. The molecule has 9 nitrogen and oxygen atoms in total. The van der Waals surface area contributed by atoms with Gasteiger partial charge in [0.2, 0.25) is 10.0 Å². The molecule has 0 radical (unpaired) electrons. The first-order chi connectivity index (χ1) is 17.3. The molecule has 36 heavy (non-hydrogen) atoms. The predicted octanol–water partition coefficient (Wildman–Crippen LogP) is 2.89. The SMILES string of the molecule is C#CCn1c(=NC(=O)C2CCCN(S(=O)(=O)c3ccc(OC)cc3)C2)sc2c(OC)ccc(OC)c21. The van der Waals surface area contributed by atoms with E-state index in [0.29, 0.717) is 47.0 Å². The van der Waals surface area contributed by atoms with Crippen molar-refractivity contribution in [1.82, 2.24) is 8.87 Å². The van der Waals surface area contributed by atoms with Gasteiger partial charge in [0.15, 0.2) is 4.80 Å². The van der Waals surface area contributed by atoms with E-state index in [1.165, 1.54) is 34.9 Å². The molecule has 1 aromatic heterocycles. The van der Waals surface area contributed by atoms with Crippen molar-refractivity contribution < 1.29 is 27.4 Å². The zero-order valence-electron chi connectivity index (χ0n) is 20.3. The second-order valence-electron chi connectivity index (χ2n) is 8.15. The minimum Gasteiger partial charge on any atom is -0.497 e. The largest absolute Gasteiger partial charge is 0.497 e. The first-order valence-electron chi connectivity index (χ1n) is 11.2. The predicted molar refractivity (Wildman–Crippen MR) is 137 cm³/mol. The molecule has 0 N–H and O–H groups in total. The molecule has 1 aliphatic heterocycles. The summed E-state index contributed by atoms with van der Waals surface area (Å²) in [5.41, 5.74) is 0.693. The molecule has 0 spiro atoms. The van der Waals surface area contributed by atoms with Gasteiger partial charge in [-0.25, -0.2) is 8.42 Å². The average Bonchev–Trinajstić information content (AvgIpc) is 3.26. The second kappa shape index (κ2) is 10.7. The van der Waals surface area contributed by atoms with Crippen LogP contribution in [0, 0.1) is 18.3 Å². The number of hydrogen-bond donors (Lipinski definition) is 0. The van der Waals surface area contributed by atoms with Crippen molar-refractivity contribution in [3.8, 4) is 29.6 Å². The van der Waals surface area contributed by atoms with Gasteiger partial charge in [0, 0.05) is 13.1 Å². The molecule has 190 valence electrons. The van der Waals surface area contributed by atoms with Crippen molar-refractivity contribution in [1.29, 1.82) is 0 Å². The van der Waals surface area contributed by atoms with Crippen LogP contribution in [-0.4, -0.2) is 57.6 Å². The van der Waals surface area contributed by atoms with Crippen LogP contribution >= 0.6 is 11.3 Å². The van der Waals surface area contributed by atoms with E-state index in [4.69, 9.17) is 20.6 Å². The van der Waals surface area contributed by atoms with Crippen molar-refractivity contribution in [2.75, 3.05) is 34.4 Å². The van der Waals surface area contributed by atoms with E-state index >= 15 is 0 Å². The Hall–Kier alpha value is -3.33. The zero-order chi connectivity index (χ0) is 25.9. The molecule has 1 saturated heterocycles. The van der Waals surface area contributed by atoms with E-state index in [2.05, 4.69) is 10.9 Å². The molecule has 1 amide bonds. The Morgan fingerprint density at radius 1 is 1.11 bits per heavy atom. The molecule has 1 atom stereocenters. The number of aromatic nitrogens is 1. The van der Waals surface area contributed by atoms with Crippen molar-refractivity contribution in [2.45, 2.75) is 24.3 Å². The minimum absolute atomic E-state index is 0.0589. The molecule has 1 aliphatic rings. The normalized spacial score (nSPS) is 17.1. The quantitative estimate of drug-likeness (QED) is 0.437. The van der Waals surface area contributed by atoms with Gasteiger partial charge in [-0.2, -0.15) is 9.30 Å². The van der Waals surface area contributed by atoms with Crippen LogP contribution in [0.1, 0.15) is 12.8 Å². The van der Waals surface area contributed by atoms with Gasteiger partial charge >= 0.3 is 0 Å². The number of methoxy groups -OCH3 is 3. The molecule has 1 fully saturated rings. The third kappa shape index (κ3) is 4.84. The van der Waals surface area contributed by atoms with Crippen molar-refractivity contribution in [2.24, 2.45) is 10.9 Å². The van der Waals surface area contributed by atoms with Crippen LogP contribution in [0.5, 0.6) is 17.2 Å². The lowest BCUT2D eigenvalue weighted by molar-refractivity contribution is -0.122. The number of thiazole rings is 1. The number of fused-ring (bicyclic) bond motifs is 1. The molecule has 2 heterocycles. The van der Waals surface area contributed by atoms with Gasteiger partial charge in [0.05, 0.1) is 38.7 Å². The highest BCUT2D eigenvalue weighted by molar-refractivity contribution is 7.89. The topological polar surface area (TPSA) is 99.4 Å². The molecular weight excluding hydrogens is 502 g/mol. The van der Waals surface area contributed by atoms with Crippen LogP contribution in [0.15, 0.2) is 46.3 Å². The van der Waals surface area contributed by atoms with Crippen molar-refractivity contribution in [3.63, 3.8) is 0 Å².